The Hall–Kier alpha value is -2.87. The predicted molar refractivity (Wildman–Crippen MR) is 122 cm³/mol. The average molecular weight is 425 g/mol. The van der Waals surface area contributed by atoms with Gasteiger partial charge >= 0.3 is 11.7 Å². The predicted octanol–water partition coefficient (Wildman–Crippen LogP) is 3.31. The maximum Gasteiger partial charge on any atom is 0.328 e. The number of aromatic nitrogens is 4. The summed E-state index contributed by atoms with van der Waals surface area (Å²) in [5.41, 5.74) is 9.06. The van der Waals surface area contributed by atoms with Crippen LogP contribution < -0.4 is 16.2 Å². The minimum atomic E-state index is -0.250. The smallest absolute Gasteiger partial charge is 0.328 e. The first-order chi connectivity index (χ1) is 15.1. The Labute approximate surface area is 182 Å². The van der Waals surface area contributed by atoms with Crippen LogP contribution in [0.25, 0.3) is 11.2 Å². The second kappa shape index (κ2) is 9.96. The topological polar surface area (TPSA) is 102 Å². The van der Waals surface area contributed by atoms with E-state index in [-0.39, 0.29) is 17.5 Å². The summed E-state index contributed by atoms with van der Waals surface area (Å²) in [4.78, 5) is 26.6. The van der Waals surface area contributed by atoms with Crippen molar-refractivity contribution in [3.63, 3.8) is 0 Å². The molecule has 0 spiro atoms. The van der Waals surface area contributed by atoms with Crippen LogP contribution in [-0.4, -0.2) is 44.1 Å². The molecule has 1 fully saturated rings. The van der Waals surface area contributed by atoms with Gasteiger partial charge in [0.2, 0.25) is 0 Å². The molecule has 8 nitrogen and oxygen atoms in total. The molecule has 1 aromatic carbocycles. The number of anilines is 1. The molecule has 166 valence electrons. The lowest BCUT2D eigenvalue weighted by atomic mass is 10.1. The van der Waals surface area contributed by atoms with Gasteiger partial charge < -0.3 is 15.5 Å². The van der Waals surface area contributed by atoms with E-state index in [0.29, 0.717) is 24.3 Å². The first-order valence-corrected chi connectivity index (χ1v) is 11.3. The van der Waals surface area contributed by atoms with Crippen LogP contribution in [0.5, 0.6) is 6.01 Å². The average Bonchev–Trinajstić information content (AvgIpc) is 2.92. The van der Waals surface area contributed by atoms with Crippen molar-refractivity contribution in [2.45, 2.75) is 58.5 Å². The Balaban J connectivity index is 1.56. The zero-order valence-corrected chi connectivity index (χ0v) is 18.3. The van der Waals surface area contributed by atoms with Crippen LogP contribution in [0.2, 0.25) is 0 Å². The number of nitrogens with one attached hydrogen (secondary N) is 1. The standard InChI is InChI=1S/C23H32N6O2/c1-2-3-13-31-22-26-20(24)19-21(27-22)29(23(30)25-19)16-18-10-8-9-17(14-18)15-28-11-6-4-5-7-12-28/h8-10,14H,2-7,11-13,15-16H2,1H3,(H,25,30)(H2,24,26,27). The van der Waals surface area contributed by atoms with Gasteiger partial charge in [0.1, 0.15) is 5.52 Å². The quantitative estimate of drug-likeness (QED) is 0.538. The van der Waals surface area contributed by atoms with Gasteiger partial charge in [-0.15, -0.1) is 0 Å². The van der Waals surface area contributed by atoms with Crippen LogP contribution in [-0.2, 0) is 13.1 Å². The number of rotatable bonds is 8. The Morgan fingerprint density at radius 2 is 1.84 bits per heavy atom. The summed E-state index contributed by atoms with van der Waals surface area (Å²) < 4.78 is 7.23. The summed E-state index contributed by atoms with van der Waals surface area (Å²) >= 11 is 0. The van der Waals surface area contributed by atoms with Crippen LogP contribution >= 0.6 is 0 Å². The van der Waals surface area contributed by atoms with Gasteiger partial charge in [-0.3, -0.25) is 9.47 Å². The third kappa shape index (κ3) is 5.25. The van der Waals surface area contributed by atoms with Gasteiger partial charge in [0.05, 0.1) is 13.2 Å². The molecule has 0 aliphatic carbocycles. The molecule has 0 atom stereocenters. The van der Waals surface area contributed by atoms with E-state index in [9.17, 15) is 4.79 Å². The Morgan fingerprint density at radius 3 is 2.58 bits per heavy atom. The van der Waals surface area contributed by atoms with Crippen molar-refractivity contribution in [1.82, 2.24) is 24.4 Å². The lowest BCUT2D eigenvalue weighted by molar-refractivity contribution is 0.277. The first kappa shape index (κ1) is 21.4. The number of nitrogens with zero attached hydrogens (tertiary/aromatic N) is 4. The SMILES string of the molecule is CCCCOc1nc(N)c2[nH]c(=O)n(Cc3cccc(CN4CCCCCC4)c3)c2n1. The number of hydrogen-bond acceptors (Lipinski definition) is 6. The number of benzene rings is 1. The van der Waals surface area contributed by atoms with Gasteiger partial charge in [-0.25, -0.2) is 4.79 Å². The van der Waals surface area contributed by atoms with Gasteiger partial charge in [-0.05, 0) is 43.5 Å². The number of H-pyrrole nitrogens is 1. The van der Waals surface area contributed by atoms with Crippen molar-refractivity contribution in [2.24, 2.45) is 0 Å². The van der Waals surface area contributed by atoms with Crippen molar-refractivity contribution in [1.29, 1.82) is 0 Å². The zero-order valence-electron chi connectivity index (χ0n) is 18.3. The van der Waals surface area contributed by atoms with E-state index >= 15 is 0 Å². The molecule has 0 unspecified atom stereocenters. The molecule has 2 aromatic heterocycles. The van der Waals surface area contributed by atoms with E-state index < -0.39 is 0 Å². The summed E-state index contributed by atoms with van der Waals surface area (Å²) in [6.45, 7) is 6.28. The minimum absolute atomic E-state index is 0.209. The van der Waals surface area contributed by atoms with Crippen molar-refractivity contribution < 1.29 is 4.74 Å². The van der Waals surface area contributed by atoms with Crippen molar-refractivity contribution >= 4 is 17.0 Å². The molecule has 1 aliphatic rings. The summed E-state index contributed by atoms with van der Waals surface area (Å²) in [6.07, 6.45) is 7.12. The summed E-state index contributed by atoms with van der Waals surface area (Å²) in [5.74, 6) is 0.224. The Bertz CT molecular complexity index is 1070. The number of nitrogens with two attached hydrogens (primary N) is 1. The highest BCUT2D eigenvalue weighted by molar-refractivity contribution is 5.81. The van der Waals surface area contributed by atoms with Crippen LogP contribution in [0.3, 0.4) is 0 Å². The largest absolute Gasteiger partial charge is 0.463 e. The monoisotopic (exact) mass is 424 g/mol. The second-order valence-electron chi connectivity index (χ2n) is 8.32. The molecule has 4 rings (SSSR count). The highest BCUT2D eigenvalue weighted by atomic mass is 16.5. The number of hydrogen-bond donors (Lipinski definition) is 2. The maximum absolute atomic E-state index is 12.6. The molecular weight excluding hydrogens is 392 g/mol. The van der Waals surface area contributed by atoms with Crippen LogP contribution in [0.1, 0.15) is 56.6 Å². The maximum atomic E-state index is 12.6. The van der Waals surface area contributed by atoms with E-state index in [1.165, 1.54) is 31.2 Å². The molecule has 1 saturated heterocycles. The fourth-order valence-corrected chi connectivity index (χ4v) is 4.11. The Kier molecular flexibility index (Phi) is 6.86. The molecule has 0 radical (unpaired) electrons. The molecule has 31 heavy (non-hydrogen) atoms. The van der Waals surface area contributed by atoms with Gasteiger partial charge in [0.25, 0.3) is 0 Å². The number of nitrogen functional groups attached to an aromatic ring is 1. The molecule has 0 bridgehead atoms. The van der Waals surface area contributed by atoms with E-state index in [0.717, 1.165) is 38.0 Å². The van der Waals surface area contributed by atoms with Gasteiger partial charge in [0.15, 0.2) is 11.5 Å². The molecule has 0 saturated carbocycles. The highest BCUT2D eigenvalue weighted by Crippen LogP contribution is 2.20. The molecule has 3 N–H and O–H groups in total. The van der Waals surface area contributed by atoms with Crippen molar-refractivity contribution in [3.8, 4) is 6.01 Å². The number of fused-ring (bicyclic) bond motifs is 1. The summed E-state index contributed by atoms with van der Waals surface area (Å²) in [6, 6.07) is 8.65. The fourth-order valence-electron chi connectivity index (χ4n) is 4.11. The van der Waals surface area contributed by atoms with Crippen molar-refractivity contribution in [3.05, 3.63) is 45.9 Å². The van der Waals surface area contributed by atoms with Crippen LogP contribution in [0.15, 0.2) is 29.1 Å². The minimum Gasteiger partial charge on any atom is -0.463 e. The van der Waals surface area contributed by atoms with Crippen molar-refractivity contribution in [2.75, 3.05) is 25.4 Å². The molecule has 0 amide bonds. The number of imidazole rings is 1. The third-order valence-electron chi connectivity index (χ3n) is 5.80. The number of unbranched alkanes of at least 4 members (excludes halogenated alkanes) is 1. The van der Waals surface area contributed by atoms with E-state index in [4.69, 9.17) is 10.5 Å². The van der Waals surface area contributed by atoms with Gasteiger partial charge in [-0.1, -0.05) is 50.5 Å². The number of likely N-dealkylation sites (tertiary alicyclic amines) is 1. The van der Waals surface area contributed by atoms with Crippen LogP contribution in [0, 0.1) is 0 Å². The molecule has 8 heteroatoms. The lowest BCUT2D eigenvalue weighted by Gasteiger charge is -2.20. The van der Waals surface area contributed by atoms with E-state index in [1.807, 2.05) is 6.07 Å². The summed E-state index contributed by atoms with van der Waals surface area (Å²) in [5, 5.41) is 0. The van der Waals surface area contributed by atoms with E-state index in [2.05, 4.69) is 45.0 Å². The molecule has 3 heterocycles. The number of aromatic amines is 1. The molecule has 1 aliphatic heterocycles. The normalized spacial score (nSPS) is 15.3. The van der Waals surface area contributed by atoms with Gasteiger partial charge in [-0.2, -0.15) is 9.97 Å². The zero-order chi connectivity index (χ0) is 21.6. The first-order valence-electron chi connectivity index (χ1n) is 11.3. The van der Waals surface area contributed by atoms with Gasteiger partial charge in [0, 0.05) is 6.54 Å². The van der Waals surface area contributed by atoms with E-state index in [1.54, 1.807) is 4.57 Å². The lowest BCUT2D eigenvalue weighted by Crippen LogP contribution is -2.24. The van der Waals surface area contributed by atoms with Crippen LogP contribution in [0.4, 0.5) is 5.82 Å². The Morgan fingerprint density at radius 1 is 1.10 bits per heavy atom. The second-order valence-corrected chi connectivity index (χ2v) is 8.32. The highest BCUT2D eigenvalue weighted by Gasteiger charge is 2.15. The molecular formula is C23H32N6O2. The summed E-state index contributed by atoms with van der Waals surface area (Å²) in [7, 11) is 0. The number of ether oxygens (including phenoxy) is 1. The fraction of sp³-hybridized carbons (Fsp3) is 0.522. The molecule has 3 aromatic rings. The third-order valence-corrected chi connectivity index (χ3v) is 5.80.